The highest BCUT2D eigenvalue weighted by Gasteiger charge is 2.34. The molecular formula is C17H22FN3O. The van der Waals surface area contributed by atoms with E-state index in [-0.39, 0.29) is 11.4 Å². The van der Waals surface area contributed by atoms with E-state index >= 15 is 0 Å². The van der Waals surface area contributed by atoms with Crippen molar-refractivity contribution < 1.29 is 9.13 Å². The third kappa shape index (κ3) is 3.20. The lowest BCUT2D eigenvalue weighted by Crippen LogP contribution is -2.48. The van der Waals surface area contributed by atoms with Gasteiger partial charge >= 0.3 is 0 Å². The second-order valence-corrected chi connectivity index (χ2v) is 6.10. The quantitative estimate of drug-likeness (QED) is 0.868. The summed E-state index contributed by atoms with van der Waals surface area (Å²) in [6.07, 6.45) is 4.58. The monoisotopic (exact) mass is 303 g/mol. The van der Waals surface area contributed by atoms with E-state index in [1.807, 2.05) is 31.6 Å². The van der Waals surface area contributed by atoms with Gasteiger partial charge in [-0.2, -0.15) is 5.10 Å². The fraction of sp³-hybridized carbons (Fsp3) is 0.471. The van der Waals surface area contributed by atoms with Crippen LogP contribution in [-0.2, 0) is 23.8 Å². The van der Waals surface area contributed by atoms with Crippen molar-refractivity contribution in [3.8, 4) is 0 Å². The predicted molar refractivity (Wildman–Crippen MR) is 83.1 cm³/mol. The maximum atomic E-state index is 13.7. The Morgan fingerprint density at radius 2 is 2.18 bits per heavy atom. The van der Waals surface area contributed by atoms with Gasteiger partial charge in [-0.3, -0.25) is 9.58 Å². The third-order valence-electron chi connectivity index (χ3n) is 4.32. The van der Waals surface area contributed by atoms with E-state index in [0.717, 1.165) is 37.2 Å². The molecule has 0 radical (unpaired) electrons. The van der Waals surface area contributed by atoms with E-state index in [1.165, 1.54) is 6.07 Å². The van der Waals surface area contributed by atoms with Crippen LogP contribution < -0.4 is 0 Å². The van der Waals surface area contributed by atoms with Crippen molar-refractivity contribution in [3.63, 3.8) is 0 Å². The number of aromatic nitrogens is 2. The molecule has 0 spiro atoms. The topological polar surface area (TPSA) is 30.3 Å². The first-order valence-corrected chi connectivity index (χ1v) is 7.66. The fourth-order valence-electron chi connectivity index (χ4n) is 2.99. The van der Waals surface area contributed by atoms with Crippen molar-refractivity contribution >= 4 is 0 Å². The van der Waals surface area contributed by atoms with Crippen molar-refractivity contribution in [2.24, 2.45) is 7.05 Å². The maximum Gasteiger partial charge on any atom is 0.126 e. The lowest BCUT2D eigenvalue weighted by Gasteiger charge is -2.40. The molecule has 22 heavy (non-hydrogen) atoms. The van der Waals surface area contributed by atoms with E-state index in [1.54, 1.807) is 10.7 Å². The van der Waals surface area contributed by atoms with Crippen LogP contribution in [0.3, 0.4) is 0 Å². The molecule has 1 aliphatic rings. The number of ether oxygens (including phenoxy) is 1. The van der Waals surface area contributed by atoms with Gasteiger partial charge in [-0.1, -0.05) is 18.2 Å². The lowest BCUT2D eigenvalue weighted by molar-refractivity contribution is -0.103. The molecule has 5 heteroatoms. The number of morpholine rings is 1. The number of rotatable bonds is 4. The van der Waals surface area contributed by atoms with Crippen LogP contribution in [0.1, 0.15) is 18.1 Å². The van der Waals surface area contributed by atoms with Crippen LogP contribution in [0, 0.1) is 5.82 Å². The van der Waals surface area contributed by atoms with Gasteiger partial charge in [0.05, 0.1) is 12.8 Å². The first-order chi connectivity index (χ1) is 10.6. The molecule has 0 N–H and O–H groups in total. The van der Waals surface area contributed by atoms with Gasteiger partial charge in [-0.15, -0.1) is 0 Å². The molecule has 0 unspecified atom stereocenters. The van der Waals surface area contributed by atoms with Crippen molar-refractivity contribution in [1.29, 1.82) is 0 Å². The van der Waals surface area contributed by atoms with Gasteiger partial charge in [-0.05, 0) is 25.0 Å². The number of aryl methyl sites for hydroxylation is 1. The molecule has 3 rings (SSSR count). The summed E-state index contributed by atoms with van der Waals surface area (Å²) in [5.74, 6) is -0.120. The summed E-state index contributed by atoms with van der Waals surface area (Å²) in [6, 6.07) is 7.00. The highest BCUT2D eigenvalue weighted by atomic mass is 19.1. The van der Waals surface area contributed by atoms with E-state index in [2.05, 4.69) is 16.9 Å². The zero-order chi connectivity index (χ0) is 15.6. The van der Waals surface area contributed by atoms with Crippen LogP contribution in [0.5, 0.6) is 0 Å². The zero-order valence-corrected chi connectivity index (χ0v) is 13.1. The molecule has 0 saturated carbocycles. The maximum absolute atomic E-state index is 13.7. The molecule has 0 amide bonds. The average Bonchev–Trinajstić information content (AvgIpc) is 2.94. The molecule has 1 atom stereocenters. The van der Waals surface area contributed by atoms with Gasteiger partial charge in [-0.25, -0.2) is 4.39 Å². The van der Waals surface area contributed by atoms with Crippen LogP contribution in [0.2, 0.25) is 0 Å². The van der Waals surface area contributed by atoms with Gasteiger partial charge in [0.2, 0.25) is 0 Å². The summed E-state index contributed by atoms with van der Waals surface area (Å²) in [4.78, 5) is 2.34. The Hall–Kier alpha value is -1.72. The van der Waals surface area contributed by atoms with Gasteiger partial charge in [0.1, 0.15) is 11.4 Å². The zero-order valence-electron chi connectivity index (χ0n) is 13.1. The van der Waals surface area contributed by atoms with Gasteiger partial charge in [0.15, 0.2) is 0 Å². The molecule has 2 aromatic rings. The standard InChI is InChI=1S/C17H22FN3O/c1-17(15-11-19-20(2)12-15)13-21(9-10-22-17)8-7-14-5-3-4-6-16(14)18/h3-6,11-12H,7-10,13H2,1-2H3/t17-/m0/s1. The normalized spacial score (nSPS) is 22.9. The molecule has 1 saturated heterocycles. The Bertz CT molecular complexity index is 642. The van der Waals surface area contributed by atoms with Crippen molar-refractivity contribution in [1.82, 2.24) is 14.7 Å². The minimum absolute atomic E-state index is 0.120. The molecule has 4 nitrogen and oxygen atoms in total. The number of hydrogen-bond acceptors (Lipinski definition) is 3. The summed E-state index contributed by atoms with van der Waals surface area (Å²) in [7, 11) is 1.91. The summed E-state index contributed by atoms with van der Waals surface area (Å²) < 4.78 is 21.5. The second-order valence-electron chi connectivity index (χ2n) is 6.10. The van der Waals surface area contributed by atoms with Crippen LogP contribution in [0.25, 0.3) is 0 Å². The lowest BCUT2D eigenvalue weighted by atomic mass is 9.96. The van der Waals surface area contributed by atoms with E-state index in [9.17, 15) is 4.39 Å². The molecule has 1 aromatic heterocycles. The average molecular weight is 303 g/mol. The molecule has 1 fully saturated rings. The second kappa shape index (κ2) is 6.18. The summed E-state index contributed by atoms with van der Waals surface area (Å²) in [5.41, 5.74) is 1.52. The Kier molecular flexibility index (Phi) is 4.27. The largest absolute Gasteiger partial charge is 0.368 e. The molecule has 1 aliphatic heterocycles. The van der Waals surface area contributed by atoms with Crippen LogP contribution in [-0.4, -0.2) is 40.9 Å². The summed E-state index contributed by atoms with van der Waals surface area (Å²) >= 11 is 0. The smallest absolute Gasteiger partial charge is 0.126 e. The molecule has 2 heterocycles. The minimum atomic E-state index is -0.345. The number of hydrogen-bond donors (Lipinski definition) is 0. The SMILES string of the molecule is Cn1cc([C@]2(C)CN(CCc3ccccc3F)CCO2)cn1. The fourth-order valence-corrected chi connectivity index (χ4v) is 2.99. The molecule has 0 aliphatic carbocycles. The van der Waals surface area contributed by atoms with Gasteiger partial charge in [0.25, 0.3) is 0 Å². The highest BCUT2D eigenvalue weighted by Crippen LogP contribution is 2.29. The molecule has 118 valence electrons. The Morgan fingerprint density at radius 3 is 2.91 bits per heavy atom. The van der Waals surface area contributed by atoms with E-state index in [4.69, 9.17) is 4.74 Å². The van der Waals surface area contributed by atoms with Crippen LogP contribution >= 0.6 is 0 Å². The van der Waals surface area contributed by atoms with E-state index < -0.39 is 0 Å². The number of halogens is 1. The van der Waals surface area contributed by atoms with E-state index in [0.29, 0.717) is 6.61 Å². The Morgan fingerprint density at radius 1 is 1.36 bits per heavy atom. The third-order valence-corrected chi connectivity index (χ3v) is 4.32. The van der Waals surface area contributed by atoms with Gasteiger partial charge < -0.3 is 4.74 Å². The van der Waals surface area contributed by atoms with Crippen molar-refractivity contribution in [3.05, 3.63) is 53.6 Å². The first-order valence-electron chi connectivity index (χ1n) is 7.66. The highest BCUT2D eigenvalue weighted by molar-refractivity contribution is 5.18. The van der Waals surface area contributed by atoms with Crippen LogP contribution in [0.15, 0.2) is 36.7 Å². The summed E-state index contributed by atoms with van der Waals surface area (Å²) in [6.45, 7) is 5.29. The van der Waals surface area contributed by atoms with Crippen molar-refractivity contribution in [2.45, 2.75) is 18.9 Å². The first kappa shape index (κ1) is 15.2. The van der Waals surface area contributed by atoms with Crippen molar-refractivity contribution in [2.75, 3.05) is 26.2 Å². The molecule has 1 aromatic carbocycles. The van der Waals surface area contributed by atoms with Crippen LogP contribution in [0.4, 0.5) is 4.39 Å². The molecular weight excluding hydrogens is 281 g/mol. The minimum Gasteiger partial charge on any atom is -0.368 e. The molecule has 0 bridgehead atoms. The summed E-state index contributed by atoms with van der Waals surface area (Å²) in [5, 5.41) is 4.24. The number of benzene rings is 1. The Balaban J connectivity index is 1.65. The predicted octanol–water partition coefficient (Wildman–Crippen LogP) is 2.35. The van der Waals surface area contributed by atoms with Gasteiger partial charge in [0, 0.05) is 38.4 Å². The number of nitrogens with zero attached hydrogens (tertiary/aromatic N) is 3. The Labute approximate surface area is 130 Å².